The first-order valence-electron chi connectivity index (χ1n) is 6.31. The van der Waals surface area contributed by atoms with E-state index in [2.05, 4.69) is 9.97 Å². The third-order valence-corrected chi connectivity index (χ3v) is 3.26. The van der Waals surface area contributed by atoms with Crippen molar-refractivity contribution in [2.45, 2.75) is 0 Å². The highest BCUT2D eigenvalue weighted by Gasteiger charge is 2.15. The molecule has 3 aromatic rings. The second kappa shape index (κ2) is 4.85. The lowest BCUT2D eigenvalue weighted by Gasteiger charge is -2.00. The Labute approximate surface area is 123 Å². The average Bonchev–Trinajstić information content (AvgIpc) is 2.89. The molecule has 0 fully saturated rings. The van der Waals surface area contributed by atoms with Gasteiger partial charge in [0.15, 0.2) is 0 Å². The number of nitrogens with zero attached hydrogens (tertiary/aromatic N) is 2. The van der Waals surface area contributed by atoms with Crippen molar-refractivity contribution in [3.8, 4) is 17.1 Å². The first-order valence-corrected chi connectivity index (χ1v) is 6.31. The van der Waals surface area contributed by atoms with E-state index < -0.39 is 4.92 Å². The molecule has 8 heteroatoms. The van der Waals surface area contributed by atoms with Crippen molar-refractivity contribution < 1.29 is 15.4 Å². The van der Waals surface area contributed by atoms with E-state index in [4.69, 9.17) is 11.1 Å². The fourth-order valence-corrected chi connectivity index (χ4v) is 2.14. The van der Waals surface area contributed by atoms with Crippen LogP contribution < -0.4 is 11.1 Å². The lowest BCUT2D eigenvalue weighted by Crippen LogP contribution is -2.46. The van der Waals surface area contributed by atoms with Gasteiger partial charge in [0.2, 0.25) is 0 Å². The quantitative estimate of drug-likeness (QED) is 0.238. The molecule has 0 aliphatic rings. The van der Waals surface area contributed by atoms with Gasteiger partial charge >= 0.3 is 0 Å². The lowest BCUT2D eigenvalue weighted by molar-refractivity contribution is -0.384. The number of imidazole rings is 1. The van der Waals surface area contributed by atoms with E-state index in [0.717, 1.165) is 0 Å². The smallest absolute Gasteiger partial charge is 0.270 e. The normalized spacial score (nSPS) is 10.7. The van der Waals surface area contributed by atoms with Crippen LogP contribution in [0.3, 0.4) is 0 Å². The minimum atomic E-state index is -0.534. The van der Waals surface area contributed by atoms with Crippen molar-refractivity contribution in [1.82, 2.24) is 9.97 Å². The van der Waals surface area contributed by atoms with Gasteiger partial charge < -0.3 is 10.1 Å². The highest BCUT2D eigenvalue weighted by Crippen LogP contribution is 2.32. The van der Waals surface area contributed by atoms with Gasteiger partial charge in [-0.3, -0.25) is 21.3 Å². The maximum Gasteiger partial charge on any atom is 0.270 e. The number of non-ortho nitro benzene ring substituents is 1. The fraction of sp³-hybridized carbons (Fsp3) is 0. The Balaban J connectivity index is 2.16. The summed E-state index contributed by atoms with van der Waals surface area (Å²) in [5.41, 5.74) is 7.59. The van der Waals surface area contributed by atoms with Crippen LogP contribution in [0.15, 0.2) is 36.4 Å². The number of aromatic nitrogens is 2. The van der Waals surface area contributed by atoms with E-state index in [1.807, 2.05) is 0 Å². The molecule has 8 nitrogen and oxygen atoms in total. The third-order valence-electron chi connectivity index (χ3n) is 3.26. The summed E-state index contributed by atoms with van der Waals surface area (Å²) >= 11 is 0. The Morgan fingerprint density at radius 3 is 2.77 bits per heavy atom. The van der Waals surface area contributed by atoms with Crippen LogP contribution in [-0.4, -0.2) is 25.8 Å². The highest BCUT2D eigenvalue weighted by molar-refractivity contribution is 5.96. The molecule has 3 rings (SSSR count). The van der Waals surface area contributed by atoms with Gasteiger partial charge in [-0.15, -0.1) is 0 Å². The molecule has 1 aromatic heterocycles. The Morgan fingerprint density at radius 1 is 1.32 bits per heavy atom. The summed E-state index contributed by atoms with van der Waals surface area (Å²) in [7, 11) is 0. The number of H-pyrrole nitrogens is 1. The Bertz CT molecular complexity index is 916. The molecule has 0 aliphatic heterocycles. The average molecular weight is 298 g/mol. The van der Waals surface area contributed by atoms with E-state index >= 15 is 0 Å². The number of phenolic OH excluding ortho intramolecular Hbond substituents is 1. The largest absolute Gasteiger partial charge is 0.507 e. The number of nitro benzene ring substituents is 1. The van der Waals surface area contributed by atoms with E-state index in [9.17, 15) is 15.2 Å². The molecule has 0 radical (unpaired) electrons. The van der Waals surface area contributed by atoms with Crippen LogP contribution >= 0.6 is 0 Å². The number of phenols is 1. The van der Waals surface area contributed by atoms with Crippen LogP contribution in [0.4, 0.5) is 5.69 Å². The molecule has 2 aromatic carbocycles. The zero-order chi connectivity index (χ0) is 15.9. The van der Waals surface area contributed by atoms with Crippen molar-refractivity contribution in [2.24, 2.45) is 5.73 Å². The molecule has 1 heterocycles. The minimum absolute atomic E-state index is 0.102. The predicted molar refractivity (Wildman–Crippen MR) is 80.1 cm³/mol. The van der Waals surface area contributed by atoms with E-state index in [0.29, 0.717) is 22.4 Å². The Hall–Kier alpha value is -3.42. The number of nitrogens with one attached hydrogen (secondary N) is 1. The van der Waals surface area contributed by atoms with Gasteiger partial charge in [0.05, 0.1) is 27.1 Å². The number of nitrogens with two attached hydrogens (primary N) is 2. The maximum atomic E-state index is 10.9. The number of aromatic amines is 1. The number of aromatic hydroxyl groups is 1. The standard InChI is InChI=1S/C14H11N5O3/c15-13(16)7-1-3-10-11(5-7)18-14(17-10)9-6-8(19(21)22)2-4-12(9)20/h1-6,20H,(H3,15,16)(H,17,18)/p+1. The summed E-state index contributed by atoms with van der Waals surface area (Å²) in [6.07, 6.45) is 0. The topological polar surface area (TPSA) is 144 Å². The molecule has 22 heavy (non-hydrogen) atoms. The van der Waals surface area contributed by atoms with Crippen molar-refractivity contribution in [1.29, 1.82) is 0 Å². The zero-order valence-corrected chi connectivity index (χ0v) is 11.3. The summed E-state index contributed by atoms with van der Waals surface area (Å²) in [5, 5.41) is 26.3. The number of hydrogen-bond donors (Lipinski definition) is 4. The minimum Gasteiger partial charge on any atom is -0.507 e. The van der Waals surface area contributed by atoms with E-state index in [-0.39, 0.29) is 22.8 Å². The first-order chi connectivity index (χ1) is 10.5. The van der Waals surface area contributed by atoms with Crippen molar-refractivity contribution in [2.75, 3.05) is 0 Å². The fourth-order valence-electron chi connectivity index (χ4n) is 2.14. The van der Waals surface area contributed by atoms with E-state index in [1.165, 1.54) is 18.2 Å². The maximum absolute atomic E-state index is 10.9. The van der Waals surface area contributed by atoms with Gasteiger partial charge in [0.25, 0.3) is 11.5 Å². The summed E-state index contributed by atoms with van der Waals surface area (Å²) in [5.74, 6) is 0.398. The van der Waals surface area contributed by atoms with Crippen LogP contribution in [0, 0.1) is 10.1 Å². The molecule has 0 spiro atoms. The summed E-state index contributed by atoms with van der Waals surface area (Å²) in [4.78, 5) is 17.6. The monoisotopic (exact) mass is 298 g/mol. The van der Waals surface area contributed by atoms with Crippen LogP contribution in [0.25, 0.3) is 22.4 Å². The zero-order valence-electron chi connectivity index (χ0n) is 11.3. The van der Waals surface area contributed by atoms with Gasteiger partial charge in [-0.25, -0.2) is 4.98 Å². The number of rotatable bonds is 3. The molecule has 0 saturated carbocycles. The first kappa shape index (κ1) is 13.6. The number of amidine groups is 1. The molecular formula is C14H12N5O3+. The van der Waals surface area contributed by atoms with Crippen molar-refractivity contribution in [3.05, 3.63) is 52.1 Å². The second-order valence-electron chi connectivity index (χ2n) is 4.73. The van der Waals surface area contributed by atoms with Gasteiger partial charge in [-0.05, 0) is 24.3 Å². The van der Waals surface area contributed by atoms with Crippen LogP contribution in [0.1, 0.15) is 5.56 Å². The van der Waals surface area contributed by atoms with Crippen molar-refractivity contribution in [3.63, 3.8) is 0 Å². The molecule has 0 amide bonds. The van der Waals surface area contributed by atoms with Crippen LogP contribution in [-0.2, 0) is 0 Å². The third kappa shape index (κ3) is 2.22. The SMILES string of the molecule is NC(=[NH2+])c1ccc2nc(-c3cc([N+](=O)[O-])ccc3O)[nH]c2c1. The summed E-state index contributed by atoms with van der Waals surface area (Å²) in [6, 6.07) is 8.91. The van der Waals surface area contributed by atoms with Crippen LogP contribution in [0.5, 0.6) is 5.75 Å². The van der Waals surface area contributed by atoms with E-state index in [1.54, 1.807) is 18.2 Å². The molecule has 0 unspecified atom stereocenters. The molecule has 0 atom stereocenters. The van der Waals surface area contributed by atoms with Crippen molar-refractivity contribution >= 4 is 22.6 Å². The molecule has 0 bridgehead atoms. The number of fused-ring (bicyclic) bond motifs is 1. The van der Waals surface area contributed by atoms with Gasteiger partial charge in [0, 0.05) is 12.1 Å². The van der Waals surface area contributed by atoms with Crippen LogP contribution in [0.2, 0.25) is 0 Å². The lowest BCUT2D eigenvalue weighted by atomic mass is 10.1. The molecule has 0 aliphatic carbocycles. The molecule has 0 saturated heterocycles. The molecule has 6 N–H and O–H groups in total. The summed E-state index contributed by atoms with van der Waals surface area (Å²) < 4.78 is 0. The highest BCUT2D eigenvalue weighted by atomic mass is 16.6. The number of benzene rings is 2. The Kier molecular flexibility index (Phi) is 2.99. The summed E-state index contributed by atoms with van der Waals surface area (Å²) in [6.45, 7) is 0. The molecular weight excluding hydrogens is 286 g/mol. The molecule has 110 valence electrons. The number of hydrogen-bond acceptors (Lipinski definition) is 4. The number of nitro groups is 1. The van der Waals surface area contributed by atoms with Gasteiger partial charge in [-0.1, -0.05) is 0 Å². The Morgan fingerprint density at radius 2 is 2.09 bits per heavy atom. The predicted octanol–water partition coefficient (Wildman–Crippen LogP) is 0.308. The van der Waals surface area contributed by atoms with Gasteiger partial charge in [0.1, 0.15) is 11.6 Å². The second-order valence-corrected chi connectivity index (χ2v) is 4.73. The van der Waals surface area contributed by atoms with Gasteiger partial charge in [-0.2, -0.15) is 0 Å².